The second kappa shape index (κ2) is 9.72. The number of nitrogens with zero attached hydrogens (tertiary/aromatic N) is 2. The minimum atomic E-state index is -0.308. The molecule has 4 rings (SSSR count). The van der Waals surface area contributed by atoms with E-state index in [1.165, 1.54) is 49.2 Å². The van der Waals surface area contributed by atoms with Crippen LogP contribution in [-0.2, 0) is 26.1 Å². The first kappa shape index (κ1) is 20.4. The Morgan fingerprint density at radius 3 is 2.40 bits per heavy atom. The molecule has 1 saturated heterocycles. The average Bonchev–Trinajstić information content (AvgIpc) is 3.27. The van der Waals surface area contributed by atoms with Crippen LogP contribution < -0.4 is 10.3 Å². The summed E-state index contributed by atoms with van der Waals surface area (Å²) in [7, 11) is 0. The summed E-state index contributed by atoms with van der Waals surface area (Å²) in [4.78, 5) is 14.9. The lowest BCUT2D eigenvalue weighted by Gasteiger charge is -2.14. The van der Waals surface area contributed by atoms with Crippen LogP contribution in [0.1, 0.15) is 29.5 Å². The Morgan fingerprint density at radius 2 is 1.67 bits per heavy atom. The molecule has 5 heteroatoms. The Bertz CT molecular complexity index is 1020. The van der Waals surface area contributed by atoms with Gasteiger partial charge in [0.15, 0.2) is 0 Å². The predicted molar refractivity (Wildman–Crippen MR) is 116 cm³/mol. The number of halogens is 1. The van der Waals surface area contributed by atoms with Crippen LogP contribution in [0.2, 0.25) is 0 Å². The number of hydrogen-bond donors (Lipinski definition) is 0. The molecule has 156 valence electrons. The van der Waals surface area contributed by atoms with Gasteiger partial charge < -0.3 is 9.30 Å². The first-order valence-corrected chi connectivity index (χ1v) is 10.5. The van der Waals surface area contributed by atoms with Crippen LogP contribution in [0.5, 0.6) is 5.75 Å². The number of aromatic nitrogens is 1. The van der Waals surface area contributed by atoms with Crippen molar-refractivity contribution in [2.24, 2.45) is 0 Å². The lowest BCUT2D eigenvalue weighted by atomic mass is 10.1. The normalized spacial score (nSPS) is 14.2. The summed E-state index contributed by atoms with van der Waals surface area (Å²) < 4.78 is 20.9. The minimum Gasteiger partial charge on any atom is -0.489 e. The third kappa shape index (κ3) is 5.36. The summed E-state index contributed by atoms with van der Waals surface area (Å²) in [6.07, 6.45) is 5.14. The van der Waals surface area contributed by atoms with Crippen molar-refractivity contribution in [2.45, 2.75) is 39.0 Å². The molecule has 3 aromatic rings. The summed E-state index contributed by atoms with van der Waals surface area (Å²) in [5.74, 6) is 0.142. The van der Waals surface area contributed by atoms with Gasteiger partial charge in [0.25, 0.3) is 5.56 Å². The van der Waals surface area contributed by atoms with E-state index in [9.17, 15) is 9.18 Å². The van der Waals surface area contributed by atoms with Gasteiger partial charge in [-0.3, -0.25) is 9.69 Å². The van der Waals surface area contributed by atoms with Gasteiger partial charge in [-0.15, -0.1) is 0 Å². The molecule has 30 heavy (non-hydrogen) atoms. The molecule has 0 amide bonds. The van der Waals surface area contributed by atoms with E-state index < -0.39 is 0 Å². The van der Waals surface area contributed by atoms with Crippen molar-refractivity contribution in [1.82, 2.24) is 9.47 Å². The molecular formula is C25H27FN2O2. The third-order valence-corrected chi connectivity index (χ3v) is 5.59. The largest absolute Gasteiger partial charge is 0.489 e. The predicted octanol–water partition coefficient (Wildman–Crippen LogP) is 4.40. The SMILES string of the molecule is O=c1cc(OCc2ccccc2F)ccn1CCc1ccc(CN2CCCC2)cc1. The van der Waals surface area contributed by atoms with Crippen LogP contribution in [0.3, 0.4) is 0 Å². The maximum Gasteiger partial charge on any atom is 0.254 e. The van der Waals surface area contributed by atoms with E-state index in [0.717, 1.165) is 13.0 Å². The summed E-state index contributed by atoms with van der Waals surface area (Å²) >= 11 is 0. The number of aryl methyl sites for hydroxylation is 2. The quantitative estimate of drug-likeness (QED) is 0.556. The summed E-state index contributed by atoms with van der Waals surface area (Å²) in [6, 6.07) is 18.4. The van der Waals surface area contributed by atoms with Gasteiger partial charge >= 0.3 is 0 Å². The zero-order valence-corrected chi connectivity index (χ0v) is 17.1. The van der Waals surface area contributed by atoms with E-state index >= 15 is 0 Å². The van der Waals surface area contributed by atoms with Crippen molar-refractivity contribution >= 4 is 0 Å². The molecule has 0 atom stereocenters. The molecule has 0 N–H and O–H groups in total. The second-order valence-corrected chi connectivity index (χ2v) is 7.82. The Balaban J connectivity index is 1.30. The summed E-state index contributed by atoms with van der Waals surface area (Å²) in [6.45, 7) is 4.13. The van der Waals surface area contributed by atoms with E-state index in [-0.39, 0.29) is 18.0 Å². The number of pyridine rings is 1. The maximum absolute atomic E-state index is 13.7. The van der Waals surface area contributed by atoms with Gasteiger partial charge in [-0.25, -0.2) is 4.39 Å². The molecular weight excluding hydrogens is 379 g/mol. The molecule has 0 saturated carbocycles. The lowest BCUT2D eigenvalue weighted by Crippen LogP contribution is -2.20. The van der Waals surface area contributed by atoms with Crippen molar-refractivity contribution in [3.8, 4) is 5.75 Å². The summed E-state index contributed by atoms with van der Waals surface area (Å²) in [5.41, 5.74) is 2.91. The number of ether oxygens (including phenoxy) is 1. The molecule has 1 aliphatic rings. The number of hydrogen-bond acceptors (Lipinski definition) is 3. The Hall–Kier alpha value is -2.92. The third-order valence-electron chi connectivity index (χ3n) is 5.59. The van der Waals surface area contributed by atoms with Gasteiger partial charge in [0.1, 0.15) is 18.2 Å². The maximum atomic E-state index is 13.7. The Kier molecular flexibility index (Phi) is 6.60. The van der Waals surface area contributed by atoms with E-state index in [1.807, 2.05) is 0 Å². The molecule has 0 bridgehead atoms. The van der Waals surface area contributed by atoms with Crippen molar-refractivity contribution in [1.29, 1.82) is 0 Å². The fourth-order valence-electron chi connectivity index (χ4n) is 3.80. The van der Waals surface area contributed by atoms with Crippen LogP contribution in [0.15, 0.2) is 71.7 Å². The van der Waals surface area contributed by atoms with Crippen LogP contribution in [-0.4, -0.2) is 22.6 Å². The molecule has 0 radical (unpaired) electrons. The highest BCUT2D eigenvalue weighted by atomic mass is 19.1. The zero-order chi connectivity index (χ0) is 20.8. The molecule has 2 aromatic carbocycles. The molecule has 0 aliphatic carbocycles. The fraction of sp³-hybridized carbons (Fsp3) is 0.320. The van der Waals surface area contributed by atoms with E-state index in [2.05, 4.69) is 29.2 Å². The molecule has 0 spiro atoms. The zero-order valence-electron chi connectivity index (χ0n) is 17.1. The van der Waals surface area contributed by atoms with Gasteiger partial charge in [-0.05, 0) is 55.6 Å². The number of rotatable bonds is 8. The molecule has 4 nitrogen and oxygen atoms in total. The van der Waals surface area contributed by atoms with E-state index in [0.29, 0.717) is 17.9 Å². The average molecular weight is 407 g/mol. The number of benzene rings is 2. The smallest absolute Gasteiger partial charge is 0.254 e. The molecule has 0 unspecified atom stereocenters. The van der Waals surface area contributed by atoms with Crippen molar-refractivity contribution < 1.29 is 9.13 Å². The second-order valence-electron chi connectivity index (χ2n) is 7.82. The van der Waals surface area contributed by atoms with Gasteiger partial charge in [0.2, 0.25) is 0 Å². The highest BCUT2D eigenvalue weighted by Gasteiger charge is 2.11. The molecule has 2 heterocycles. The van der Waals surface area contributed by atoms with E-state index in [1.54, 1.807) is 35.0 Å². The van der Waals surface area contributed by atoms with Crippen LogP contribution in [0, 0.1) is 5.82 Å². The fourth-order valence-corrected chi connectivity index (χ4v) is 3.80. The lowest BCUT2D eigenvalue weighted by molar-refractivity contribution is 0.298. The monoisotopic (exact) mass is 406 g/mol. The van der Waals surface area contributed by atoms with Gasteiger partial charge in [-0.2, -0.15) is 0 Å². The first-order valence-electron chi connectivity index (χ1n) is 10.5. The molecule has 1 aromatic heterocycles. The van der Waals surface area contributed by atoms with Crippen molar-refractivity contribution in [2.75, 3.05) is 13.1 Å². The topological polar surface area (TPSA) is 34.5 Å². The highest BCUT2D eigenvalue weighted by Crippen LogP contribution is 2.15. The Labute approximate surface area is 176 Å². The van der Waals surface area contributed by atoms with Crippen LogP contribution in [0.25, 0.3) is 0 Å². The van der Waals surface area contributed by atoms with Gasteiger partial charge in [-0.1, -0.05) is 42.5 Å². The first-order chi connectivity index (χ1) is 14.7. The highest BCUT2D eigenvalue weighted by molar-refractivity contribution is 5.24. The van der Waals surface area contributed by atoms with Gasteiger partial charge in [0.05, 0.1) is 0 Å². The minimum absolute atomic E-state index is 0.0971. The van der Waals surface area contributed by atoms with Crippen molar-refractivity contribution in [3.63, 3.8) is 0 Å². The summed E-state index contributed by atoms with van der Waals surface area (Å²) in [5, 5.41) is 0. The number of likely N-dealkylation sites (tertiary alicyclic amines) is 1. The van der Waals surface area contributed by atoms with Crippen molar-refractivity contribution in [3.05, 3.63) is 99.7 Å². The molecule has 1 fully saturated rings. The van der Waals surface area contributed by atoms with Gasteiger partial charge in [0, 0.05) is 30.9 Å². The van der Waals surface area contributed by atoms with Crippen LogP contribution in [0.4, 0.5) is 4.39 Å². The molecule has 1 aliphatic heterocycles. The standard InChI is InChI=1S/C25H27FN2O2/c26-24-6-2-1-5-22(24)19-30-23-12-16-28(25(29)17-23)15-11-20-7-9-21(10-8-20)18-27-13-3-4-14-27/h1-2,5-10,12,16-17H,3-4,11,13-15,18-19H2. The van der Waals surface area contributed by atoms with Crippen LogP contribution >= 0.6 is 0 Å². The van der Waals surface area contributed by atoms with E-state index in [4.69, 9.17) is 4.74 Å². The Morgan fingerprint density at radius 1 is 0.933 bits per heavy atom.